The van der Waals surface area contributed by atoms with Crippen LogP contribution in [0, 0.1) is 6.92 Å². The minimum absolute atomic E-state index is 0.0757. The third-order valence-corrected chi connectivity index (χ3v) is 4.06. The van der Waals surface area contributed by atoms with E-state index in [0.717, 1.165) is 10.6 Å². The molecule has 0 saturated carbocycles. The van der Waals surface area contributed by atoms with E-state index in [4.69, 9.17) is 5.73 Å². The van der Waals surface area contributed by atoms with Crippen molar-refractivity contribution in [2.45, 2.75) is 33.1 Å². The van der Waals surface area contributed by atoms with Crippen molar-refractivity contribution in [2.24, 2.45) is 0 Å². The summed E-state index contributed by atoms with van der Waals surface area (Å²) in [6.07, 6.45) is 0. The molecule has 3 N–H and O–H groups in total. The number of carbonyl (C=O) groups is 1. The smallest absolute Gasteiger partial charge is 0.257 e. The van der Waals surface area contributed by atoms with Crippen LogP contribution in [0.3, 0.4) is 0 Å². The highest BCUT2D eigenvalue weighted by Gasteiger charge is 2.20. The van der Waals surface area contributed by atoms with Gasteiger partial charge in [0.05, 0.1) is 0 Å². The Labute approximate surface area is 122 Å². The van der Waals surface area contributed by atoms with Gasteiger partial charge in [0.1, 0.15) is 5.01 Å². The molecule has 2 rings (SSSR count). The summed E-state index contributed by atoms with van der Waals surface area (Å²) in [7, 11) is 0. The van der Waals surface area contributed by atoms with E-state index in [1.165, 1.54) is 11.3 Å². The van der Waals surface area contributed by atoms with E-state index < -0.39 is 0 Å². The molecule has 5 nitrogen and oxygen atoms in total. The highest BCUT2D eigenvalue weighted by atomic mass is 32.1. The van der Waals surface area contributed by atoms with Crippen LogP contribution in [-0.4, -0.2) is 16.1 Å². The zero-order valence-corrected chi connectivity index (χ0v) is 12.8. The van der Waals surface area contributed by atoms with E-state index in [2.05, 4.69) is 36.3 Å². The van der Waals surface area contributed by atoms with Gasteiger partial charge in [0.15, 0.2) is 0 Å². The average molecular weight is 290 g/mol. The summed E-state index contributed by atoms with van der Waals surface area (Å²) in [5, 5.41) is 12.3. The van der Waals surface area contributed by atoms with E-state index in [-0.39, 0.29) is 11.3 Å². The number of nitrogen functional groups attached to an aromatic ring is 1. The molecule has 1 amide bonds. The van der Waals surface area contributed by atoms with Gasteiger partial charge in [-0.2, -0.15) is 0 Å². The molecule has 106 valence electrons. The van der Waals surface area contributed by atoms with E-state index in [0.29, 0.717) is 16.4 Å². The van der Waals surface area contributed by atoms with Crippen molar-refractivity contribution in [1.82, 2.24) is 10.2 Å². The molecule has 0 unspecified atom stereocenters. The highest BCUT2D eigenvalue weighted by molar-refractivity contribution is 7.15. The number of carbonyl (C=O) groups excluding carboxylic acids is 1. The van der Waals surface area contributed by atoms with Gasteiger partial charge in [-0.3, -0.25) is 10.1 Å². The first-order valence-corrected chi connectivity index (χ1v) is 7.10. The second-order valence-electron chi connectivity index (χ2n) is 5.69. The summed E-state index contributed by atoms with van der Waals surface area (Å²) in [6, 6.07) is 5.26. The summed E-state index contributed by atoms with van der Waals surface area (Å²) in [5.41, 5.74) is 7.63. The number of hydrogen-bond acceptors (Lipinski definition) is 5. The molecular weight excluding hydrogens is 272 g/mol. The SMILES string of the molecule is Cc1ccc(N)cc1C(=O)Nc1nnc(C(C)(C)C)s1. The molecule has 0 aliphatic heterocycles. The molecule has 0 radical (unpaired) electrons. The van der Waals surface area contributed by atoms with Crippen LogP contribution in [0.25, 0.3) is 0 Å². The molecule has 1 aromatic carbocycles. The van der Waals surface area contributed by atoms with Crippen LogP contribution in [-0.2, 0) is 5.41 Å². The number of rotatable bonds is 2. The lowest BCUT2D eigenvalue weighted by Crippen LogP contribution is -2.13. The van der Waals surface area contributed by atoms with E-state index in [1.807, 2.05) is 13.0 Å². The number of aryl methyl sites for hydroxylation is 1. The topological polar surface area (TPSA) is 80.9 Å². The maximum atomic E-state index is 12.2. The van der Waals surface area contributed by atoms with Gasteiger partial charge >= 0.3 is 0 Å². The van der Waals surface area contributed by atoms with Gasteiger partial charge in [-0.1, -0.05) is 38.2 Å². The molecule has 2 aromatic rings. The van der Waals surface area contributed by atoms with E-state index >= 15 is 0 Å². The van der Waals surface area contributed by atoms with Crippen molar-refractivity contribution in [3.63, 3.8) is 0 Å². The van der Waals surface area contributed by atoms with Gasteiger partial charge in [0.2, 0.25) is 5.13 Å². The van der Waals surface area contributed by atoms with Crippen LogP contribution < -0.4 is 11.1 Å². The van der Waals surface area contributed by atoms with E-state index in [9.17, 15) is 4.79 Å². The summed E-state index contributed by atoms with van der Waals surface area (Å²) >= 11 is 1.39. The van der Waals surface area contributed by atoms with Crippen molar-refractivity contribution >= 4 is 28.1 Å². The van der Waals surface area contributed by atoms with Gasteiger partial charge < -0.3 is 5.73 Å². The second-order valence-corrected chi connectivity index (χ2v) is 6.67. The molecule has 0 atom stereocenters. The zero-order chi connectivity index (χ0) is 14.9. The lowest BCUT2D eigenvalue weighted by Gasteiger charge is -2.12. The Morgan fingerprint density at radius 3 is 2.60 bits per heavy atom. The fourth-order valence-corrected chi connectivity index (χ4v) is 2.42. The molecule has 1 aromatic heterocycles. The van der Waals surface area contributed by atoms with Gasteiger partial charge in [-0.25, -0.2) is 0 Å². The van der Waals surface area contributed by atoms with Gasteiger partial charge in [0, 0.05) is 16.7 Å². The highest BCUT2D eigenvalue weighted by Crippen LogP contribution is 2.28. The number of aromatic nitrogens is 2. The molecule has 0 aliphatic carbocycles. The van der Waals surface area contributed by atoms with Crippen molar-refractivity contribution < 1.29 is 4.79 Å². The quantitative estimate of drug-likeness (QED) is 0.833. The fraction of sp³-hybridized carbons (Fsp3) is 0.357. The molecular formula is C14H18N4OS. The standard InChI is InChI=1S/C14H18N4OS/c1-8-5-6-9(15)7-10(8)11(19)16-13-18-17-12(20-13)14(2,3)4/h5-7H,15H2,1-4H3,(H,16,18,19). The van der Waals surface area contributed by atoms with Gasteiger partial charge in [0.25, 0.3) is 5.91 Å². The van der Waals surface area contributed by atoms with Crippen LogP contribution in [0.2, 0.25) is 0 Å². The summed E-state index contributed by atoms with van der Waals surface area (Å²) < 4.78 is 0. The summed E-state index contributed by atoms with van der Waals surface area (Å²) in [6.45, 7) is 8.04. The van der Waals surface area contributed by atoms with Gasteiger partial charge in [-0.15, -0.1) is 10.2 Å². The number of hydrogen-bond donors (Lipinski definition) is 2. The minimum Gasteiger partial charge on any atom is -0.399 e. The van der Waals surface area contributed by atoms with Gasteiger partial charge in [-0.05, 0) is 24.6 Å². The predicted octanol–water partition coefficient (Wildman–Crippen LogP) is 2.98. The maximum absolute atomic E-state index is 12.2. The number of amides is 1. The normalized spacial score (nSPS) is 11.4. The largest absolute Gasteiger partial charge is 0.399 e. The Balaban J connectivity index is 2.20. The summed E-state index contributed by atoms with van der Waals surface area (Å²) in [4.78, 5) is 12.2. The molecule has 6 heteroatoms. The Bertz CT molecular complexity index is 643. The van der Waals surface area contributed by atoms with E-state index in [1.54, 1.807) is 12.1 Å². The van der Waals surface area contributed by atoms with Crippen molar-refractivity contribution in [1.29, 1.82) is 0 Å². The number of anilines is 2. The first kappa shape index (κ1) is 14.5. The first-order valence-electron chi connectivity index (χ1n) is 6.29. The Hall–Kier alpha value is -1.95. The van der Waals surface area contributed by atoms with Crippen LogP contribution in [0.4, 0.5) is 10.8 Å². The monoisotopic (exact) mass is 290 g/mol. The summed E-state index contributed by atoms with van der Waals surface area (Å²) in [5.74, 6) is -0.216. The molecule has 0 fully saturated rings. The minimum atomic E-state index is -0.216. The van der Waals surface area contributed by atoms with Crippen LogP contribution in [0.5, 0.6) is 0 Å². The molecule has 0 spiro atoms. The maximum Gasteiger partial charge on any atom is 0.257 e. The molecule has 0 aliphatic rings. The molecule has 0 bridgehead atoms. The number of benzene rings is 1. The molecule has 0 saturated heterocycles. The Morgan fingerprint density at radius 2 is 2.00 bits per heavy atom. The van der Waals surface area contributed by atoms with Crippen molar-refractivity contribution in [3.05, 3.63) is 34.3 Å². The fourth-order valence-electron chi connectivity index (χ4n) is 1.63. The predicted molar refractivity (Wildman–Crippen MR) is 82.2 cm³/mol. The van der Waals surface area contributed by atoms with Crippen LogP contribution in [0.15, 0.2) is 18.2 Å². The van der Waals surface area contributed by atoms with Crippen molar-refractivity contribution in [2.75, 3.05) is 11.1 Å². The third-order valence-electron chi connectivity index (χ3n) is 2.79. The molecule has 1 heterocycles. The number of nitrogens with two attached hydrogens (primary N) is 1. The van der Waals surface area contributed by atoms with Crippen LogP contribution >= 0.6 is 11.3 Å². The lowest BCUT2D eigenvalue weighted by atomic mass is 9.98. The van der Waals surface area contributed by atoms with Crippen LogP contribution in [0.1, 0.15) is 41.7 Å². The number of nitrogens with zero attached hydrogens (tertiary/aromatic N) is 2. The first-order chi connectivity index (χ1) is 9.27. The average Bonchev–Trinajstić information content (AvgIpc) is 2.80. The number of nitrogens with one attached hydrogen (secondary N) is 1. The lowest BCUT2D eigenvalue weighted by molar-refractivity contribution is 0.102. The third kappa shape index (κ3) is 3.14. The molecule has 20 heavy (non-hydrogen) atoms. The Kier molecular flexibility index (Phi) is 3.76. The second kappa shape index (κ2) is 5.20. The Morgan fingerprint density at radius 1 is 1.30 bits per heavy atom. The van der Waals surface area contributed by atoms with Crippen molar-refractivity contribution in [3.8, 4) is 0 Å². The zero-order valence-electron chi connectivity index (χ0n) is 12.0.